The van der Waals surface area contributed by atoms with E-state index in [9.17, 15) is 9.59 Å². The molecular weight excluding hydrogens is 336 g/mol. The number of nitrogens with one attached hydrogen (secondary N) is 2. The van der Waals surface area contributed by atoms with Crippen molar-refractivity contribution in [3.8, 4) is 0 Å². The topological polar surface area (TPSA) is 58.2 Å². The van der Waals surface area contributed by atoms with Crippen molar-refractivity contribution in [3.05, 3.63) is 12.2 Å². The van der Waals surface area contributed by atoms with E-state index in [2.05, 4.69) is 51.3 Å². The lowest BCUT2D eigenvalue weighted by Gasteiger charge is -2.58. The maximum absolute atomic E-state index is 13.0. The highest BCUT2D eigenvalue weighted by Crippen LogP contribution is 2.65. The van der Waals surface area contributed by atoms with Gasteiger partial charge in [-0.15, -0.1) is 0 Å². The van der Waals surface area contributed by atoms with Gasteiger partial charge in [0.25, 0.3) is 0 Å². The Morgan fingerprint density at radius 1 is 1.11 bits per heavy atom. The van der Waals surface area contributed by atoms with E-state index in [4.69, 9.17) is 0 Å². The Morgan fingerprint density at radius 3 is 2.56 bits per heavy atom. The van der Waals surface area contributed by atoms with Crippen molar-refractivity contribution < 1.29 is 9.59 Å². The van der Waals surface area contributed by atoms with Crippen molar-refractivity contribution in [1.29, 1.82) is 0 Å². The van der Waals surface area contributed by atoms with Gasteiger partial charge >= 0.3 is 0 Å². The molecule has 3 fully saturated rings. The van der Waals surface area contributed by atoms with E-state index in [0.29, 0.717) is 17.8 Å². The summed E-state index contributed by atoms with van der Waals surface area (Å²) in [6.07, 6.45) is 10.7. The van der Waals surface area contributed by atoms with E-state index in [0.717, 1.165) is 19.3 Å². The minimum Gasteiger partial charge on any atom is -0.351 e. The average Bonchev–Trinajstić information content (AvgIpc) is 2.91. The van der Waals surface area contributed by atoms with Crippen LogP contribution in [0.5, 0.6) is 0 Å². The smallest absolute Gasteiger partial charge is 0.243 e. The summed E-state index contributed by atoms with van der Waals surface area (Å²) < 4.78 is 0. The fraction of sp³-hybridized carbons (Fsp3) is 0.826. The lowest BCUT2D eigenvalue weighted by Crippen LogP contribution is -2.59. The highest BCUT2D eigenvalue weighted by atomic mass is 16.2. The molecule has 2 N–H and O–H groups in total. The molecule has 3 saturated carbocycles. The summed E-state index contributed by atoms with van der Waals surface area (Å²) in [4.78, 5) is 24.9. The van der Waals surface area contributed by atoms with Crippen molar-refractivity contribution in [2.45, 2.75) is 84.7 Å². The van der Waals surface area contributed by atoms with Crippen molar-refractivity contribution in [2.24, 2.45) is 34.5 Å². The van der Waals surface area contributed by atoms with Crippen LogP contribution in [0.15, 0.2) is 12.2 Å². The van der Waals surface area contributed by atoms with Gasteiger partial charge in [0.15, 0.2) is 0 Å². The second-order valence-corrected chi connectivity index (χ2v) is 11.1. The van der Waals surface area contributed by atoms with Crippen LogP contribution in [-0.2, 0) is 9.59 Å². The normalized spacial score (nSPS) is 46.1. The number of rotatable bonds is 1. The molecule has 4 aliphatic rings. The summed E-state index contributed by atoms with van der Waals surface area (Å²) in [5.41, 5.74) is 0.0323. The second-order valence-electron chi connectivity index (χ2n) is 11.1. The number of carbonyl (C=O) groups excluding carboxylic acids is 2. The number of amides is 2. The van der Waals surface area contributed by atoms with Crippen molar-refractivity contribution in [1.82, 2.24) is 10.6 Å². The maximum Gasteiger partial charge on any atom is 0.243 e. The zero-order valence-electron chi connectivity index (χ0n) is 17.6. The standard InChI is InChI=1S/C23H36N2O2/c1-21(2,3)25-20(27)17-8-7-15-14-6-9-18-23(5,13-11-19(26)24-18)16(14)10-12-22(15,17)4/h11,13-18H,6-10,12H2,1-5H3,(H,24,26)(H,25,27)/t14-,15+,16+,17-,18-,22+,23-/m0/s1. The Morgan fingerprint density at radius 2 is 1.85 bits per heavy atom. The predicted molar refractivity (Wildman–Crippen MR) is 107 cm³/mol. The molecule has 0 aromatic rings. The van der Waals surface area contributed by atoms with Gasteiger partial charge < -0.3 is 10.6 Å². The summed E-state index contributed by atoms with van der Waals surface area (Å²) >= 11 is 0. The molecule has 4 rings (SSSR count). The zero-order chi connectivity index (χ0) is 19.6. The fourth-order valence-corrected chi connectivity index (χ4v) is 7.22. The Labute approximate surface area is 163 Å². The third-order valence-electron chi connectivity index (χ3n) is 8.50. The number of fused-ring (bicyclic) bond motifs is 5. The van der Waals surface area contributed by atoms with Crippen LogP contribution in [0.4, 0.5) is 0 Å². The van der Waals surface area contributed by atoms with Crippen LogP contribution in [-0.4, -0.2) is 23.4 Å². The SMILES string of the molecule is CC(C)(C)NC(=O)[C@@H]1CC[C@@H]2[C@@H]3CC[C@@H]4NC(=O)C=C[C@@]4(C)[C@@H]3CC[C@]21C. The number of hydrogen-bond donors (Lipinski definition) is 2. The molecular formula is C23H36N2O2. The van der Waals surface area contributed by atoms with Gasteiger partial charge in [-0.2, -0.15) is 0 Å². The highest BCUT2D eigenvalue weighted by molar-refractivity contribution is 5.89. The predicted octanol–water partition coefficient (Wildman–Crippen LogP) is 3.81. The van der Waals surface area contributed by atoms with E-state index in [1.54, 1.807) is 6.08 Å². The lowest BCUT2D eigenvalue weighted by atomic mass is 9.48. The first-order chi connectivity index (χ1) is 12.5. The molecule has 0 aromatic heterocycles. The molecule has 1 heterocycles. The van der Waals surface area contributed by atoms with E-state index < -0.39 is 0 Å². The van der Waals surface area contributed by atoms with Crippen molar-refractivity contribution >= 4 is 11.8 Å². The third kappa shape index (κ3) is 2.94. The molecule has 0 unspecified atom stereocenters. The second kappa shape index (κ2) is 6.09. The van der Waals surface area contributed by atoms with Crippen LogP contribution in [0.1, 0.15) is 73.1 Å². The summed E-state index contributed by atoms with van der Waals surface area (Å²) in [7, 11) is 0. The first-order valence-corrected chi connectivity index (χ1v) is 10.9. The molecule has 150 valence electrons. The molecule has 0 spiro atoms. The van der Waals surface area contributed by atoms with Gasteiger partial charge in [0.1, 0.15) is 0 Å². The highest BCUT2D eigenvalue weighted by Gasteiger charge is 2.60. The molecule has 0 bridgehead atoms. The molecule has 2 amide bonds. The molecule has 0 radical (unpaired) electrons. The maximum atomic E-state index is 13.0. The van der Waals surface area contributed by atoms with Crippen molar-refractivity contribution in [3.63, 3.8) is 0 Å². The van der Waals surface area contributed by atoms with Crippen LogP contribution in [0, 0.1) is 34.5 Å². The quantitative estimate of drug-likeness (QED) is 0.735. The average molecular weight is 373 g/mol. The summed E-state index contributed by atoms with van der Waals surface area (Å²) in [6.45, 7) is 11.0. The lowest BCUT2D eigenvalue weighted by molar-refractivity contribution is -0.135. The largest absolute Gasteiger partial charge is 0.351 e. The summed E-state index contributed by atoms with van der Waals surface area (Å²) in [6, 6.07) is 0.280. The van der Waals surface area contributed by atoms with Gasteiger partial charge in [-0.25, -0.2) is 0 Å². The number of hydrogen-bond acceptors (Lipinski definition) is 2. The molecule has 7 atom stereocenters. The molecule has 4 heteroatoms. The van der Waals surface area contributed by atoms with Gasteiger partial charge in [0, 0.05) is 22.9 Å². The summed E-state index contributed by atoms with van der Waals surface area (Å²) in [5.74, 6) is 2.41. The first kappa shape index (κ1) is 19.0. The minimum atomic E-state index is -0.167. The first-order valence-electron chi connectivity index (χ1n) is 10.9. The molecule has 0 aromatic carbocycles. The molecule has 1 aliphatic heterocycles. The molecule has 0 saturated heterocycles. The Bertz CT molecular complexity index is 678. The Kier molecular flexibility index (Phi) is 4.29. The van der Waals surface area contributed by atoms with E-state index in [1.165, 1.54) is 19.3 Å². The zero-order valence-corrected chi connectivity index (χ0v) is 17.6. The van der Waals surface area contributed by atoms with Crippen molar-refractivity contribution in [2.75, 3.05) is 0 Å². The number of carbonyl (C=O) groups is 2. The van der Waals surface area contributed by atoms with E-state index in [1.807, 2.05) is 0 Å². The van der Waals surface area contributed by atoms with Crippen LogP contribution in [0.25, 0.3) is 0 Å². The summed E-state index contributed by atoms with van der Waals surface area (Å²) in [5, 5.41) is 6.48. The van der Waals surface area contributed by atoms with E-state index >= 15 is 0 Å². The fourth-order valence-electron chi connectivity index (χ4n) is 7.22. The van der Waals surface area contributed by atoms with Gasteiger partial charge in [0.2, 0.25) is 11.8 Å². The monoisotopic (exact) mass is 372 g/mol. The molecule has 27 heavy (non-hydrogen) atoms. The van der Waals surface area contributed by atoms with Crippen LogP contribution >= 0.6 is 0 Å². The van der Waals surface area contributed by atoms with Gasteiger partial charge in [-0.3, -0.25) is 9.59 Å². The molecule has 3 aliphatic carbocycles. The van der Waals surface area contributed by atoms with Gasteiger partial charge in [-0.05, 0) is 88.5 Å². The van der Waals surface area contributed by atoms with Crippen LogP contribution < -0.4 is 10.6 Å². The third-order valence-corrected chi connectivity index (χ3v) is 8.50. The van der Waals surface area contributed by atoms with Gasteiger partial charge in [0.05, 0.1) is 0 Å². The Balaban J connectivity index is 1.58. The minimum absolute atomic E-state index is 0.0661. The van der Waals surface area contributed by atoms with E-state index in [-0.39, 0.29) is 40.1 Å². The molecule has 4 nitrogen and oxygen atoms in total. The van der Waals surface area contributed by atoms with Crippen LogP contribution in [0.3, 0.4) is 0 Å². The Hall–Kier alpha value is -1.32. The van der Waals surface area contributed by atoms with Crippen LogP contribution in [0.2, 0.25) is 0 Å². The van der Waals surface area contributed by atoms with Gasteiger partial charge in [-0.1, -0.05) is 19.9 Å².